The lowest BCUT2D eigenvalue weighted by molar-refractivity contribution is -0.142. The van der Waals surface area contributed by atoms with E-state index in [1.54, 1.807) is 11.3 Å². The molecule has 188 valence electrons. The van der Waals surface area contributed by atoms with E-state index >= 15 is 0 Å². The van der Waals surface area contributed by atoms with Gasteiger partial charge in [0.05, 0.1) is 17.0 Å². The maximum absolute atomic E-state index is 13.2. The van der Waals surface area contributed by atoms with E-state index in [-0.39, 0.29) is 12.2 Å². The number of carboxylic acids is 1. The second-order valence-corrected chi connectivity index (χ2v) is 11.4. The van der Waals surface area contributed by atoms with Gasteiger partial charge in [0.1, 0.15) is 5.82 Å². The molecule has 1 aliphatic carbocycles. The Kier molecular flexibility index (Phi) is 8.42. The first kappa shape index (κ1) is 25.6. The van der Waals surface area contributed by atoms with Crippen LogP contribution in [0.25, 0.3) is 11.0 Å². The zero-order chi connectivity index (χ0) is 24.9. The second kappa shape index (κ2) is 11.5. The molecule has 1 aromatic carbocycles. The highest BCUT2D eigenvalue weighted by Crippen LogP contribution is 2.34. The molecule has 6 heteroatoms. The topological polar surface area (TPSA) is 72.2 Å². The number of aromatic nitrogens is 2. The number of imidazole rings is 1. The summed E-state index contributed by atoms with van der Waals surface area (Å²) in [5, 5.41) is 11.9. The quantitative estimate of drug-likeness (QED) is 0.279. The Labute approximate surface area is 212 Å². The molecule has 1 atom stereocenters. The summed E-state index contributed by atoms with van der Waals surface area (Å²) in [6.45, 7) is 6.67. The van der Waals surface area contributed by atoms with E-state index < -0.39 is 11.9 Å². The van der Waals surface area contributed by atoms with Crippen molar-refractivity contribution in [3.8, 4) is 0 Å². The fourth-order valence-electron chi connectivity index (χ4n) is 5.66. The molecule has 0 radical (unpaired) electrons. The maximum atomic E-state index is 13.2. The number of fused-ring (bicyclic) bond motifs is 1. The Morgan fingerprint density at radius 2 is 1.89 bits per heavy atom. The zero-order valence-corrected chi connectivity index (χ0v) is 22.0. The van der Waals surface area contributed by atoms with Crippen molar-refractivity contribution in [2.45, 2.75) is 84.6 Å². The first-order valence-corrected chi connectivity index (χ1v) is 14.1. The lowest BCUT2D eigenvalue weighted by Crippen LogP contribution is -2.23. The van der Waals surface area contributed by atoms with Crippen LogP contribution < -0.4 is 0 Å². The Bertz CT molecular complexity index is 1140. The predicted molar refractivity (Wildman–Crippen MR) is 142 cm³/mol. The molecule has 1 fully saturated rings. The van der Waals surface area contributed by atoms with Crippen LogP contribution in [0.3, 0.4) is 0 Å². The van der Waals surface area contributed by atoms with Crippen molar-refractivity contribution in [1.29, 1.82) is 0 Å². The molecule has 2 heterocycles. The molecule has 2 aromatic heterocycles. The van der Waals surface area contributed by atoms with Crippen molar-refractivity contribution in [3.05, 3.63) is 52.0 Å². The highest BCUT2D eigenvalue weighted by Gasteiger charge is 2.28. The number of benzene rings is 1. The number of Topliss-reactive ketones (excluding diaryl/α,β-unsaturated/α-hetero) is 1. The number of carbonyl (C=O) groups is 2. The van der Waals surface area contributed by atoms with Gasteiger partial charge >= 0.3 is 5.97 Å². The molecule has 1 saturated carbocycles. The lowest BCUT2D eigenvalue weighted by atomic mass is 9.77. The van der Waals surface area contributed by atoms with Crippen molar-refractivity contribution >= 4 is 34.1 Å². The van der Waals surface area contributed by atoms with Crippen molar-refractivity contribution < 1.29 is 14.7 Å². The van der Waals surface area contributed by atoms with Crippen molar-refractivity contribution in [3.63, 3.8) is 0 Å². The van der Waals surface area contributed by atoms with E-state index in [1.165, 1.54) is 4.88 Å². The number of aliphatic carboxylic acids is 1. The third-order valence-electron chi connectivity index (χ3n) is 7.84. The fraction of sp³-hybridized carbons (Fsp3) is 0.552. The number of carboxylic acid groups (broad SMARTS) is 1. The zero-order valence-electron chi connectivity index (χ0n) is 21.2. The summed E-state index contributed by atoms with van der Waals surface area (Å²) >= 11 is 1.73. The summed E-state index contributed by atoms with van der Waals surface area (Å²) in [4.78, 5) is 31.4. The highest BCUT2D eigenvalue weighted by atomic mass is 32.1. The van der Waals surface area contributed by atoms with Crippen LogP contribution in [0, 0.1) is 17.8 Å². The molecule has 0 saturated heterocycles. The molecular formula is C29H38N2O3S. The number of carbonyl (C=O) groups excluding carboxylic acids is 1. The van der Waals surface area contributed by atoms with Crippen LogP contribution in [0.15, 0.2) is 35.7 Å². The molecule has 0 amide bonds. The van der Waals surface area contributed by atoms with Gasteiger partial charge in [-0.25, -0.2) is 4.98 Å². The Hall–Kier alpha value is -2.47. The average molecular weight is 495 g/mol. The molecule has 0 bridgehead atoms. The SMILES string of the molecule is CCC(CC)n1c(Cc2cccs2)nc2cc(C(=O)CC(CC3CCC(C)CC3)C(=O)O)ccc21. The summed E-state index contributed by atoms with van der Waals surface area (Å²) in [5.74, 6) is 0.601. The maximum Gasteiger partial charge on any atom is 0.306 e. The van der Waals surface area contributed by atoms with Crippen LogP contribution >= 0.6 is 11.3 Å². The molecule has 0 spiro atoms. The molecule has 1 N–H and O–H groups in total. The first-order chi connectivity index (χ1) is 16.9. The van der Waals surface area contributed by atoms with Crippen LogP contribution in [0.5, 0.6) is 0 Å². The van der Waals surface area contributed by atoms with Gasteiger partial charge in [0, 0.05) is 29.3 Å². The van der Waals surface area contributed by atoms with Crippen molar-refractivity contribution in [2.75, 3.05) is 0 Å². The number of rotatable bonds is 11. The first-order valence-electron chi connectivity index (χ1n) is 13.2. The number of hydrogen-bond acceptors (Lipinski definition) is 4. The van der Waals surface area contributed by atoms with Crippen LogP contribution in [0.2, 0.25) is 0 Å². The van der Waals surface area contributed by atoms with Gasteiger partial charge in [-0.2, -0.15) is 0 Å². The Morgan fingerprint density at radius 3 is 2.51 bits per heavy atom. The molecule has 3 aromatic rings. The summed E-state index contributed by atoms with van der Waals surface area (Å²) < 4.78 is 2.34. The van der Waals surface area contributed by atoms with Gasteiger partial charge < -0.3 is 9.67 Å². The largest absolute Gasteiger partial charge is 0.481 e. The minimum atomic E-state index is -0.853. The molecule has 5 nitrogen and oxygen atoms in total. The van der Waals surface area contributed by atoms with E-state index in [1.807, 2.05) is 18.2 Å². The normalized spacial score (nSPS) is 19.3. The predicted octanol–water partition coefficient (Wildman–Crippen LogP) is 7.54. The second-order valence-electron chi connectivity index (χ2n) is 10.4. The number of ketones is 1. The van der Waals surface area contributed by atoms with Gasteiger partial charge in [-0.1, -0.05) is 52.5 Å². The van der Waals surface area contributed by atoms with E-state index in [0.717, 1.165) is 67.7 Å². The summed E-state index contributed by atoms with van der Waals surface area (Å²) in [6.07, 6.45) is 7.93. The summed E-state index contributed by atoms with van der Waals surface area (Å²) in [5.41, 5.74) is 2.44. The Morgan fingerprint density at radius 1 is 1.14 bits per heavy atom. The molecular weight excluding hydrogens is 456 g/mol. The third-order valence-corrected chi connectivity index (χ3v) is 8.72. The van der Waals surface area contributed by atoms with E-state index in [9.17, 15) is 14.7 Å². The Balaban J connectivity index is 1.56. The van der Waals surface area contributed by atoms with E-state index in [2.05, 4.69) is 42.9 Å². The van der Waals surface area contributed by atoms with Crippen LogP contribution in [0.1, 0.15) is 99.2 Å². The minimum absolute atomic E-state index is 0.0577. The standard InChI is InChI=1S/C29H38N2O3S/c1-4-23(5-2)31-26-13-12-21(16-25(26)30-28(31)18-24-7-6-14-35-24)27(32)17-22(29(33)34)15-20-10-8-19(3)9-11-20/h6-7,12-14,16,19-20,22-23H,4-5,8-11,15,17-18H2,1-3H3,(H,33,34). The summed E-state index contributed by atoms with van der Waals surface area (Å²) in [7, 11) is 0. The van der Waals surface area contributed by atoms with Gasteiger partial charge in [-0.05, 0) is 60.7 Å². The van der Waals surface area contributed by atoms with Gasteiger partial charge in [-0.3, -0.25) is 9.59 Å². The lowest BCUT2D eigenvalue weighted by Gasteiger charge is -2.28. The highest BCUT2D eigenvalue weighted by molar-refractivity contribution is 7.09. The number of thiophene rings is 1. The average Bonchev–Trinajstić information content (AvgIpc) is 3.48. The van der Waals surface area contributed by atoms with Gasteiger partial charge in [-0.15, -0.1) is 11.3 Å². The monoisotopic (exact) mass is 494 g/mol. The summed E-state index contributed by atoms with van der Waals surface area (Å²) in [6, 6.07) is 10.3. The molecule has 1 unspecified atom stereocenters. The van der Waals surface area contributed by atoms with Gasteiger partial charge in [0.25, 0.3) is 0 Å². The smallest absolute Gasteiger partial charge is 0.306 e. The van der Waals surface area contributed by atoms with Crippen molar-refractivity contribution in [2.24, 2.45) is 17.8 Å². The van der Waals surface area contributed by atoms with E-state index in [4.69, 9.17) is 4.98 Å². The van der Waals surface area contributed by atoms with Gasteiger partial charge in [0.2, 0.25) is 0 Å². The number of hydrogen-bond donors (Lipinski definition) is 1. The molecule has 0 aliphatic heterocycles. The van der Waals surface area contributed by atoms with E-state index in [0.29, 0.717) is 23.9 Å². The van der Waals surface area contributed by atoms with Crippen LogP contribution in [-0.2, 0) is 11.2 Å². The third kappa shape index (κ3) is 6.03. The van der Waals surface area contributed by atoms with Crippen molar-refractivity contribution in [1.82, 2.24) is 9.55 Å². The molecule has 4 rings (SSSR count). The minimum Gasteiger partial charge on any atom is -0.481 e. The van der Waals surface area contributed by atoms with Gasteiger partial charge in [0.15, 0.2) is 5.78 Å². The molecule has 1 aliphatic rings. The fourth-order valence-corrected chi connectivity index (χ4v) is 6.36. The molecule has 35 heavy (non-hydrogen) atoms. The number of nitrogens with zero attached hydrogens (tertiary/aromatic N) is 2. The van der Waals surface area contributed by atoms with Crippen LogP contribution in [-0.4, -0.2) is 26.4 Å². The van der Waals surface area contributed by atoms with Crippen LogP contribution in [0.4, 0.5) is 0 Å².